The SMILES string of the molecule is CCC(CC(C)C(=O)O)=C(c1ccccc1)c1ccccc1. The van der Waals surface area contributed by atoms with Gasteiger partial charge in [0, 0.05) is 0 Å². The van der Waals surface area contributed by atoms with E-state index in [4.69, 9.17) is 0 Å². The zero-order valence-electron chi connectivity index (χ0n) is 13.1. The van der Waals surface area contributed by atoms with Crippen molar-refractivity contribution in [2.75, 3.05) is 0 Å². The van der Waals surface area contributed by atoms with E-state index in [0.717, 1.165) is 23.1 Å². The van der Waals surface area contributed by atoms with Gasteiger partial charge in [0.25, 0.3) is 0 Å². The Bertz CT molecular complexity index is 600. The van der Waals surface area contributed by atoms with Crippen molar-refractivity contribution in [3.63, 3.8) is 0 Å². The Morgan fingerprint density at radius 3 is 1.77 bits per heavy atom. The summed E-state index contributed by atoms with van der Waals surface area (Å²) >= 11 is 0. The molecular weight excluding hydrogens is 272 g/mol. The smallest absolute Gasteiger partial charge is 0.306 e. The minimum Gasteiger partial charge on any atom is -0.481 e. The van der Waals surface area contributed by atoms with Crippen molar-refractivity contribution < 1.29 is 9.90 Å². The predicted octanol–water partition coefficient (Wildman–Crippen LogP) is 5.01. The van der Waals surface area contributed by atoms with Crippen molar-refractivity contribution in [1.29, 1.82) is 0 Å². The fraction of sp³-hybridized carbons (Fsp3) is 0.250. The first-order valence-corrected chi connectivity index (χ1v) is 7.69. The highest BCUT2D eigenvalue weighted by Crippen LogP contribution is 2.31. The molecule has 2 rings (SSSR count). The molecule has 0 aliphatic rings. The van der Waals surface area contributed by atoms with E-state index in [1.54, 1.807) is 6.92 Å². The maximum absolute atomic E-state index is 11.2. The molecule has 2 aromatic rings. The third-order valence-electron chi connectivity index (χ3n) is 3.88. The molecule has 0 saturated carbocycles. The fourth-order valence-electron chi connectivity index (χ4n) is 2.66. The summed E-state index contributed by atoms with van der Waals surface area (Å²) in [7, 11) is 0. The van der Waals surface area contributed by atoms with Crippen LogP contribution in [0.3, 0.4) is 0 Å². The number of allylic oxidation sites excluding steroid dienone is 1. The van der Waals surface area contributed by atoms with Crippen LogP contribution in [0, 0.1) is 5.92 Å². The maximum Gasteiger partial charge on any atom is 0.306 e. The van der Waals surface area contributed by atoms with Crippen LogP contribution < -0.4 is 0 Å². The third-order valence-corrected chi connectivity index (χ3v) is 3.88. The number of carboxylic acid groups (broad SMARTS) is 1. The average molecular weight is 294 g/mol. The normalized spacial score (nSPS) is 11.7. The van der Waals surface area contributed by atoms with Crippen molar-refractivity contribution in [3.8, 4) is 0 Å². The van der Waals surface area contributed by atoms with E-state index in [-0.39, 0.29) is 5.92 Å². The predicted molar refractivity (Wildman–Crippen MR) is 90.6 cm³/mol. The minimum absolute atomic E-state index is 0.377. The van der Waals surface area contributed by atoms with Crippen LogP contribution in [0.15, 0.2) is 66.2 Å². The van der Waals surface area contributed by atoms with Gasteiger partial charge in [-0.1, -0.05) is 80.1 Å². The van der Waals surface area contributed by atoms with E-state index < -0.39 is 5.97 Å². The quantitative estimate of drug-likeness (QED) is 0.813. The number of carboxylic acids is 1. The van der Waals surface area contributed by atoms with E-state index >= 15 is 0 Å². The van der Waals surface area contributed by atoms with Gasteiger partial charge in [-0.3, -0.25) is 4.79 Å². The Kier molecular flexibility index (Phi) is 5.54. The third kappa shape index (κ3) is 3.85. The second kappa shape index (κ2) is 7.60. The molecule has 0 amide bonds. The molecule has 0 aliphatic heterocycles. The highest BCUT2D eigenvalue weighted by molar-refractivity contribution is 5.82. The highest BCUT2D eigenvalue weighted by Gasteiger charge is 2.17. The number of rotatable bonds is 6. The second-order valence-electron chi connectivity index (χ2n) is 5.51. The molecule has 0 radical (unpaired) electrons. The molecule has 22 heavy (non-hydrogen) atoms. The van der Waals surface area contributed by atoms with Crippen LogP contribution >= 0.6 is 0 Å². The van der Waals surface area contributed by atoms with Gasteiger partial charge in [-0.25, -0.2) is 0 Å². The summed E-state index contributed by atoms with van der Waals surface area (Å²) in [5.74, 6) is -1.12. The standard InChI is InChI=1S/C20H22O2/c1-3-16(14-15(2)20(21)22)19(17-10-6-4-7-11-17)18-12-8-5-9-13-18/h4-13,15H,3,14H2,1-2H3,(H,21,22). The molecule has 0 aliphatic carbocycles. The summed E-state index contributed by atoms with van der Waals surface area (Å²) in [6, 6.07) is 20.4. The van der Waals surface area contributed by atoms with Crippen LogP contribution in [0.2, 0.25) is 0 Å². The molecule has 1 unspecified atom stereocenters. The number of hydrogen-bond donors (Lipinski definition) is 1. The van der Waals surface area contributed by atoms with E-state index in [0.29, 0.717) is 6.42 Å². The summed E-state index contributed by atoms with van der Waals surface area (Å²) in [4.78, 5) is 11.2. The van der Waals surface area contributed by atoms with Gasteiger partial charge < -0.3 is 5.11 Å². The Balaban J connectivity index is 2.55. The van der Waals surface area contributed by atoms with E-state index in [9.17, 15) is 9.90 Å². The molecule has 0 saturated heterocycles. The lowest BCUT2D eigenvalue weighted by Gasteiger charge is -2.17. The first kappa shape index (κ1) is 16.0. The molecule has 0 fully saturated rings. The van der Waals surface area contributed by atoms with Crippen molar-refractivity contribution in [2.45, 2.75) is 26.7 Å². The van der Waals surface area contributed by atoms with E-state index in [1.165, 1.54) is 5.57 Å². The number of benzene rings is 2. The van der Waals surface area contributed by atoms with Crippen molar-refractivity contribution in [3.05, 3.63) is 77.4 Å². The van der Waals surface area contributed by atoms with Gasteiger partial charge in [0.15, 0.2) is 0 Å². The van der Waals surface area contributed by atoms with Gasteiger partial charge >= 0.3 is 5.97 Å². The van der Waals surface area contributed by atoms with Crippen LogP contribution in [0.4, 0.5) is 0 Å². The van der Waals surface area contributed by atoms with E-state index in [1.807, 2.05) is 36.4 Å². The lowest BCUT2D eigenvalue weighted by atomic mass is 9.87. The van der Waals surface area contributed by atoms with Gasteiger partial charge in [0.05, 0.1) is 5.92 Å². The lowest BCUT2D eigenvalue weighted by molar-refractivity contribution is -0.141. The Morgan fingerprint density at radius 1 is 0.955 bits per heavy atom. The second-order valence-corrected chi connectivity index (χ2v) is 5.51. The molecule has 1 atom stereocenters. The van der Waals surface area contributed by atoms with Gasteiger partial charge in [0.2, 0.25) is 0 Å². The Labute approximate surface area is 132 Å². The van der Waals surface area contributed by atoms with Crippen molar-refractivity contribution in [1.82, 2.24) is 0 Å². The average Bonchev–Trinajstić information content (AvgIpc) is 2.56. The summed E-state index contributed by atoms with van der Waals surface area (Å²) < 4.78 is 0. The van der Waals surface area contributed by atoms with Crippen molar-refractivity contribution in [2.24, 2.45) is 5.92 Å². The van der Waals surface area contributed by atoms with Gasteiger partial charge in [-0.15, -0.1) is 0 Å². The summed E-state index contributed by atoms with van der Waals surface area (Å²) in [6.45, 7) is 3.86. The van der Waals surface area contributed by atoms with E-state index in [2.05, 4.69) is 31.2 Å². The fourth-order valence-corrected chi connectivity index (χ4v) is 2.66. The molecule has 2 nitrogen and oxygen atoms in total. The zero-order chi connectivity index (χ0) is 15.9. The molecule has 0 spiro atoms. The first-order chi connectivity index (χ1) is 10.6. The minimum atomic E-state index is -0.744. The lowest BCUT2D eigenvalue weighted by Crippen LogP contribution is -2.11. The van der Waals surface area contributed by atoms with Crippen LogP contribution in [0.1, 0.15) is 37.8 Å². The number of carbonyl (C=O) groups is 1. The van der Waals surface area contributed by atoms with Gasteiger partial charge in [-0.05, 0) is 29.5 Å². The van der Waals surface area contributed by atoms with Gasteiger partial charge in [-0.2, -0.15) is 0 Å². The monoisotopic (exact) mass is 294 g/mol. The molecular formula is C20H22O2. The molecule has 114 valence electrons. The molecule has 2 heteroatoms. The number of hydrogen-bond acceptors (Lipinski definition) is 1. The summed E-state index contributed by atoms with van der Waals surface area (Å²) in [6.07, 6.45) is 1.42. The van der Waals surface area contributed by atoms with Crippen LogP contribution in [-0.2, 0) is 4.79 Å². The molecule has 0 aromatic heterocycles. The van der Waals surface area contributed by atoms with Crippen LogP contribution in [0.25, 0.3) is 5.57 Å². The first-order valence-electron chi connectivity index (χ1n) is 7.69. The number of aliphatic carboxylic acids is 1. The largest absolute Gasteiger partial charge is 0.481 e. The summed E-state index contributed by atoms with van der Waals surface area (Å²) in [5.41, 5.74) is 4.63. The molecule has 0 bridgehead atoms. The highest BCUT2D eigenvalue weighted by atomic mass is 16.4. The summed E-state index contributed by atoms with van der Waals surface area (Å²) in [5, 5.41) is 9.23. The topological polar surface area (TPSA) is 37.3 Å². The Morgan fingerprint density at radius 2 is 1.41 bits per heavy atom. The van der Waals surface area contributed by atoms with Crippen LogP contribution in [-0.4, -0.2) is 11.1 Å². The Hall–Kier alpha value is -2.35. The molecule has 2 aromatic carbocycles. The zero-order valence-corrected chi connectivity index (χ0v) is 13.1. The van der Waals surface area contributed by atoms with Crippen LogP contribution in [0.5, 0.6) is 0 Å². The molecule has 1 N–H and O–H groups in total. The van der Waals surface area contributed by atoms with Crippen molar-refractivity contribution >= 4 is 11.5 Å². The molecule has 0 heterocycles. The van der Waals surface area contributed by atoms with Gasteiger partial charge in [0.1, 0.15) is 0 Å². The maximum atomic E-state index is 11.2.